The van der Waals surface area contributed by atoms with Crippen molar-refractivity contribution in [3.05, 3.63) is 46.9 Å². The Labute approximate surface area is 212 Å². The van der Waals surface area contributed by atoms with Crippen LogP contribution >= 0.6 is 11.6 Å². The fourth-order valence-corrected chi connectivity index (χ4v) is 4.51. The van der Waals surface area contributed by atoms with Crippen molar-refractivity contribution < 1.29 is 9.90 Å². The van der Waals surface area contributed by atoms with Crippen LogP contribution in [-0.4, -0.2) is 41.7 Å². The maximum absolute atomic E-state index is 10.9. The minimum Gasteiger partial charge on any atom is -0.465 e. The topological polar surface area (TPSA) is 121 Å². The molecule has 0 atom stereocenters. The fourth-order valence-electron chi connectivity index (χ4n) is 4.32. The molecule has 1 aromatic carbocycles. The molecular formula is C26H35ClN6O2. The monoisotopic (exact) mass is 498 g/mol. The number of halogens is 1. The van der Waals surface area contributed by atoms with Gasteiger partial charge in [0.05, 0.1) is 17.1 Å². The van der Waals surface area contributed by atoms with Crippen LogP contribution in [0.2, 0.25) is 5.02 Å². The van der Waals surface area contributed by atoms with Crippen LogP contribution in [-0.2, 0) is 6.42 Å². The summed E-state index contributed by atoms with van der Waals surface area (Å²) < 4.78 is 1.88. The maximum Gasteiger partial charge on any atom is 0.408 e. The second-order valence-electron chi connectivity index (χ2n) is 10.8. The molecule has 0 aliphatic heterocycles. The second-order valence-corrected chi connectivity index (χ2v) is 11.2. The Hall–Kier alpha value is -3.31. The van der Waals surface area contributed by atoms with Crippen LogP contribution in [0.1, 0.15) is 66.5 Å². The number of nitrogens with two attached hydrogens (primary N) is 1. The number of carbonyl (C=O) groups is 1. The van der Waals surface area contributed by atoms with E-state index in [1.807, 2.05) is 70.5 Å². The maximum atomic E-state index is 10.9. The first kappa shape index (κ1) is 27.9. The minimum absolute atomic E-state index is 0.245. The number of nitriles is 1. The highest BCUT2D eigenvalue weighted by Crippen LogP contribution is 2.31. The van der Waals surface area contributed by atoms with Gasteiger partial charge in [0, 0.05) is 22.7 Å². The van der Waals surface area contributed by atoms with Crippen LogP contribution in [0.3, 0.4) is 0 Å². The van der Waals surface area contributed by atoms with E-state index in [1.165, 1.54) is 11.2 Å². The van der Waals surface area contributed by atoms with Gasteiger partial charge in [-0.3, -0.25) is 9.47 Å². The van der Waals surface area contributed by atoms with Gasteiger partial charge in [0.2, 0.25) is 0 Å². The molecular weight excluding hydrogens is 464 g/mol. The molecule has 0 saturated carbocycles. The predicted octanol–water partition coefficient (Wildman–Crippen LogP) is 6.29. The molecule has 9 heteroatoms. The summed E-state index contributed by atoms with van der Waals surface area (Å²) >= 11 is 6.24. The second kappa shape index (κ2) is 10.5. The van der Waals surface area contributed by atoms with Crippen LogP contribution in [0.4, 0.5) is 10.6 Å². The van der Waals surface area contributed by atoms with Crippen molar-refractivity contribution in [3.8, 4) is 11.9 Å². The number of nitrogens with zero attached hydrogens (tertiary/aromatic N) is 5. The van der Waals surface area contributed by atoms with E-state index in [0.29, 0.717) is 22.3 Å². The number of benzene rings is 1. The first-order valence-corrected chi connectivity index (χ1v) is 11.8. The van der Waals surface area contributed by atoms with Crippen LogP contribution in [0, 0.1) is 17.2 Å². The average Bonchev–Trinajstić information content (AvgIpc) is 3.12. The largest absolute Gasteiger partial charge is 0.465 e. The lowest BCUT2D eigenvalue weighted by Crippen LogP contribution is -2.55. The molecule has 0 aliphatic rings. The van der Waals surface area contributed by atoms with Gasteiger partial charge in [-0.2, -0.15) is 5.26 Å². The molecule has 0 aliphatic carbocycles. The molecule has 8 nitrogen and oxygen atoms in total. The Morgan fingerprint density at radius 1 is 1.17 bits per heavy atom. The SMILES string of the molecule is CC(C)(C)N(C(=O)O)C(C)(C)C.CC(C)Cc1c(C#N)ccc2c1ccn2-c1ncnc(N)c1Cl. The Kier molecular flexibility index (Phi) is 8.40. The number of anilines is 1. The lowest BCUT2D eigenvalue weighted by molar-refractivity contribution is 0.0419. The highest BCUT2D eigenvalue weighted by molar-refractivity contribution is 6.34. The predicted molar refractivity (Wildman–Crippen MR) is 141 cm³/mol. The molecule has 2 heterocycles. The van der Waals surface area contributed by atoms with Gasteiger partial charge in [-0.05, 0) is 77.6 Å². The van der Waals surface area contributed by atoms with E-state index < -0.39 is 6.09 Å². The van der Waals surface area contributed by atoms with Crippen LogP contribution in [0.15, 0.2) is 30.7 Å². The van der Waals surface area contributed by atoms with E-state index in [1.54, 1.807) is 0 Å². The number of nitrogen functional groups attached to an aromatic ring is 1. The smallest absolute Gasteiger partial charge is 0.408 e. The lowest BCUT2D eigenvalue weighted by Gasteiger charge is -2.43. The van der Waals surface area contributed by atoms with E-state index in [0.717, 1.165) is 22.9 Å². The summed E-state index contributed by atoms with van der Waals surface area (Å²) in [5, 5.41) is 19.7. The van der Waals surface area contributed by atoms with Gasteiger partial charge in [0.15, 0.2) is 5.82 Å². The van der Waals surface area contributed by atoms with Gasteiger partial charge >= 0.3 is 6.09 Å². The van der Waals surface area contributed by atoms with Crippen molar-refractivity contribution in [2.45, 2.75) is 72.9 Å². The van der Waals surface area contributed by atoms with E-state index in [9.17, 15) is 10.1 Å². The Morgan fingerprint density at radius 3 is 2.23 bits per heavy atom. The van der Waals surface area contributed by atoms with Crippen molar-refractivity contribution in [1.29, 1.82) is 5.26 Å². The van der Waals surface area contributed by atoms with E-state index in [4.69, 9.17) is 22.4 Å². The summed E-state index contributed by atoms with van der Waals surface area (Å²) in [6.45, 7) is 15.6. The molecule has 2 aromatic heterocycles. The van der Waals surface area contributed by atoms with E-state index in [2.05, 4.69) is 29.9 Å². The number of hydrogen-bond acceptors (Lipinski definition) is 5. The first-order valence-electron chi connectivity index (χ1n) is 11.4. The van der Waals surface area contributed by atoms with Crippen molar-refractivity contribution in [3.63, 3.8) is 0 Å². The summed E-state index contributed by atoms with van der Waals surface area (Å²) in [7, 11) is 0. The molecule has 0 spiro atoms. The quantitative estimate of drug-likeness (QED) is 0.437. The molecule has 3 N–H and O–H groups in total. The van der Waals surface area contributed by atoms with Crippen molar-refractivity contribution in [2.75, 3.05) is 5.73 Å². The third-order valence-electron chi connectivity index (χ3n) is 5.28. The number of amides is 1. The van der Waals surface area contributed by atoms with Gasteiger partial charge < -0.3 is 10.8 Å². The zero-order valence-electron chi connectivity index (χ0n) is 21.7. The summed E-state index contributed by atoms with van der Waals surface area (Å²) in [5.41, 5.74) is 7.79. The molecule has 3 aromatic rings. The molecule has 0 unspecified atom stereocenters. The van der Waals surface area contributed by atoms with Gasteiger partial charge in [-0.1, -0.05) is 25.4 Å². The average molecular weight is 499 g/mol. The van der Waals surface area contributed by atoms with Crippen LogP contribution in [0.25, 0.3) is 16.7 Å². The zero-order chi connectivity index (χ0) is 26.7. The zero-order valence-corrected chi connectivity index (χ0v) is 22.5. The van der Waals surface area contributed by atoms with Crippen molar-refractivity contribution in [1.82, 2.24) is 19.4 Å². The highest BCUT2D eigenvalue weighted by atomic mass is 35.5. The van der Waals surface area contributed by atoms with Crippen molar-refractivity contribution >= 4 is 34.4 Å². The Bertz CT molecular complexity index is 1230. The molecule has 0 fully saturated rings. The summed E-state index contributed by atoms with van der Waals surface area (Å²) in [6, 6.07) is 8.02. The van der Waals surface area contributed by atoms with Gasteiger partial charge in [-0.25, -0.2) is 14.8 Å². The molecule has 1 amide bonds. The molecule has 188 valence electrons. The van der Waals surface area contributed by atoms with Gasteiger partial charge in [0.1, 0.15) is 17.2 Å². The number of rotatable bonds is 3. The third kappa shape index (κ3) is 6.43. The molecule has 0 saturated heterocycles. The molecule has 0 radical (unpaired) electrons. The Morgan fingerprint density at radius 2 is 1.77 bits per heavy atom. The number of aromatic nitrogens is 3. The molecule has 0 bridgehead atoms. The molecule has 3 rings (SSSR count). The van der Waals surface area contributed by atoms with Gasteiger partial charge in [-0.15, -0.1) is 0 Å². The summed E-state index contributed by atoms with van der Waals surface area (Å²) in [6.07, 6.45) is 3.25. The van der Waals surface area contributed by atoms with Crippen LogP contribution < -0.4 is 5.73 Å². The number of fused-ring (bicyclic) bond motifs is 1. The lowest BCUT2D eigenvalue weighted by atomic mass is 9.95. The fraction of sp³-hybridized carbons (Fsp3) is 0.462. The first-order chi connectivity index (χ1) is 16.1. The van der Waals surface area contributed by atoms with E-state index in [-0.39, 0.29) is 16.9 Å². The highest BCUT2D eigenvalue weighted by Gasteiger charge is 2.35. The van der Waals surface area contributed by atoms with Crippen molar-refractivity contribution in [2.24, 2.45) is 5.92 Å². The van der Waals surface area contributed by atoms with Crippen LogP contribution in [0.5, 0.6) is 0 Å². The third-order valence-corrected chi connectivity index (χ3v) is 5.64. The Balaban J connectivity index is 0.000000307. The molecule has 35 heavy (non-hydrogen) atoms. The minimum atomic E-state index is -0.866. The summed E-state index contributed by atoms with van der Waals surface area (Å²) in [5.74, 6) is 1.23. The van der Waals surface area contributed by atoms with E-state index >= 15 is 0 Å². The standard InChI is InChI=1S/C17H16ClN5.C9H19NO2/c1-10(2)7-13-11(8-19)3-4-14-12(13)5-6-23(14)17-15(18)16(20)21-9-22-17;1-8(2,3)10(7(11)12)9(4,5)6/h3-6,9-10H,7H2,1-2H3,(H2,20,21,22);1-6H3,(H,11,12). The summed E-state index contributed by atoms with van der Waals surface area (Å²) in [4.78, 5) is 20.5. The number of carboxylic acid groups (broad SMARTS) is 1. The van der Waals surface area contributed by atoms with Gasteiger partial charge in [0.25, 0.3) is 0 Å². The normalized spacial score (nSPS) is 11.7. The number of hydrogen-bond donors (Lipinski definition) is 2.